The molecule has 39 heavy (non-hydrogen) atoms. The summed E-state index contributed by atoms with van der Waals surface area (Å²) in [5.74, 6) is -0.236. The summed E-state index contributed by atoms with van der Waals surface area (Å²) in [6.45, 7) is 4.74. The van der Waals surface area contributed by atoms with Crippen LogP contribution in [-0.4, -0.2) is 46.3 Å². The van der Waals surface area contributed by atoms with Crippen LogP contribution in [0.5, 0.6) is 5.75 Å². The topological polar surface area (TPSA) is 97.3 Å². The lowest BCUT2D eigenvalue weighted by atomic mass is 10.2. The van der Waals surface area contributed by atoms with Gasteiger partial charge in [0, 0.05) is 17.1 Å². The summed E-state index contributed by atoms with van der Waals surface area (Å²) in [6.07, 6.45) is 0.0158. The highest BCUT2D eigenvalue weighted by atomic mass is 35.5. The van der Waals surface area contributed by atoms with Gasteiger partial charge < -0.3 is 14.8 Å². The van der Waals surface area contributed by atoms with Gasteiger partial charge in [0.2, 0.25) is 11.8 Å². The lowest BCUT2D eigenvalue weighted by Crippen LogP contribution is -2.44. The Morgan fingerprint density at radius 2 is 1.69 bits per heavy atom. The number of aliphatic imine (C=N–C) groups is 1. The maximum atomic E-state index is 13.3. The number of rotatable bonds is 9. The second-order valence-corrected chi connectivity index (χ2v) is 10.1. The minimum atomic E-state index is -0.678. The molecule has 202 valence electrons. The Bertz CT molecular complexity index is 1340. The molecule has 0 bridgehead atoms. The van der Waals surface area contributed by atoms with Crippen molar-refractivity contribution in [2.24, 2.45) is 4.99 Å². The molecule has 8 nitrogen and oxygen atoms in total. The number of esters is 1. The summed E-state index contributed by atoms with van der Waals surface area (Å²) in [5.41, 5.74) is 2.41. The Morgan fingerprint density at radius 1 is 1.00 bits per heavy atom. The molecule has 1 atom stereocenters. The van der Waals surface area contributed by atoms with Gasteiger partial charge in [-0.25, -0.2) is 9.79 Å². The SMILES string of the molecule is CCOC(=O)c1ccc(N=C2S[C@@H](C(=O)Nc3ccc(OCC)cc3)CC(=O)N2Cc2ccc(Cl)cc2)cc1. The van der Waals surface area contributed by atoms with Gasteiger partial charge in [-0.05, 0) is 80.1 Å². The number of anilines is 1. The largest absolute Gasteiger partial charge is 0.494 e. The van der Waals surface area contributed by atoms with Crippen molar-refractivity contribution >= 4 is 57.7 Å². The van der Waals surface area contributed by atoms with Crippen molar-refractivity contribution in [2.45, 2.75) is 32.1 Å². The van der Waals surface area contributed by atoms with E-state index in [1.54, 1.807) is 72.5 Å². The first kappa shape index (κ1) is 28.2. The van der Waals surface area contributed by atoms with Gasteiger partial charge in [0.05, 0.1) is 31.0 Å². The maximum absolute atomic E-state index is 13.3. The minimum Gasteiger partial charge on any atom is -0.494 e. The van der Waals surface area contributed by atoms with Gasteiger partial charge in [-0.2, -0.15) is 0 Å². The molecule has 3 aromatic carbocycles. The molecule has 4 rings (SSSR count). The van der Waals surface area contributed by atoms with Gasteiger partial charge in [-0.3, -0.25) is 14.5 Å². The van der Waals surface area contributed by atoms with Crippen molar-refractivity contribution in [2.75, 3.05) is 18.5 Å². The smallest absolute Gasteiger partial charge is 0.338 e. The number of benzene rings is 3. The van der Waals surface area contributed by atoms with Gasteiger partial charge in [-0.15, -0.1) is 0 Å². The fourth-order valence-corrected chi connectivity index (χ4v) is 5.01. The Balaban J connectivity index is 1.56. The lowest BCUT2D eigenvalue weighted by molar-refractivity contribution is -0.129. The Labute approximate surface area is 236 Å². The van der Waals surface area contributed by atoms with E-state index in [2.05, 4.69) is 5.32 Å². The minimum absolute atomic E-state index is 0.0158. The molecule has 1 saturated heterocycles. The van der Waals surface area contributed by atoms with Crippen molar-refractivity contribution in [3.63, 3.8) is 0 Å². The van der Waals surface area contributed by atoms with Gasteiger partial charge in [-0.1, -0.05) is 35.5 Å². The van der Waals surface area contributed by atoms with Crippen LogP contribution in [0.2, 0.25) is 5.02 Å². The van der Waals surface area contributed by atoms with Crippen LogP contribution in [0.25, 0.3) is 0 Å². The van der Waals surface area contributed by atoms with Crippen LogP contribution in [0.4, 0.5) is 11.4 Å². The second-order valence-electron chi connectivity index (χ2n) is 8.53. The van der Waals surface area contributed by atoms with E-state index in [4.69, 9.17) is 26.1 Å². The van der Waals surface area contributed by atoms with E-state index < -0.39 is 11.2 Å². The van der Waals surface area contributed by atoms with Crippen LogP contribution >= 0.6 is 23.4 Å². The number of amides is 2. The average molecular weight is 566 g/mol. The predicted octanol–water partition coefficient (Wildman–Crippen LogP) is 6.08. The number of nitrogens with one attached hydrogen (secondary N) is 1. The normalized spacial score (nSPS) is 16.2. The third-order valence-electron chi connectivity index (χ3n) is 5.72. The highest BCUT2D eigenvalue weighted by Crippen LogP contribution is 2.31. The zero-order valence-electron chi connectivity index (χ0n) is 21.6. The predicted molar refractivity (Wildman–Crippen MR) is 154 cm³/mol. The molecule has 0 unspecified atom stereocenters. The molecular weight excluding hydrogens is 538 g/mol. The van der Waals surface area contributed by atoms with Crippen molar-refractivity contribution in [1.29, 1.82) is 0 Å². The standard InChI is InChI=1S/C29H28ClN3O5S/c1-3-37-24-15-13-22(14-16-24)31-27(35)25-17-26(34)33(18-19-5-9-21(30)10-6-19)29(39-25)32-23-11-7-20(8-12-23)28(36)38-4-2/h5-16,25H,3-4,17-18H2,1-2H3,(H,31,35)/t25-/m1/s1. The number of carbonyl (C=O) groups is 3. The number of nitrogens with zero attached hydrogens (tertiary/aromatic N) is 2. The first-order valence-electron chi connectivity index (χ1n) is 12.5. The molecule has 1 N–H and O–H groups in total. The first-order chi connectivity index (χ1) is 18.9. The molecule has 0 saturated carbocycles. The fourth-order valence-electron chi connectivity index (χ4n) is 3.79. The van der Waals surface area contributed by atoms with Crippen LogP contribution in [0.3, 0.4) is 0 Å². The van der Waals surface area contributed by atoms with E-state index in [-0.39, 0.29) is 31.4 Å². The van der Waals surface area contributed by atoms with Crippen LogP contribution < -0.4 is 10.1 Å². The first-order valence-corrected chi connectivity index (χ1v) is 13.7. The van der Waals surface area contributed by atoms with Gasteiger partial charge in [0.25, 0.3) is 0 Å². The number of hydrogen-bond donors (Lipinski definition) is 1. The molecule has 3 aromatic rings. The number of halogens is 1. The summed E-state index contributed by atoms with van der Waals surface area (Å²) in [7, 11) is 0. The number of thioether (sulfide) groups is 1. The monoisotopic (exact) mass is 565 g/mol. The Morgan fingerprint density at radius 3 is 2.33 bits per heavy atom. The highest BCUT2D eigenvalue weighted by molar-refractivity contribution is 8.15. The molecule has 1 aliphatic rings. The molecule has 0 aromatic heterocycles. The van der Waals surface area contributed by atoms with Crippen LogP contribution in [-0.2, 0) is 20.9 Å². The van der Waals surface area contributed by atoms with Gasteiger partial charge >= 0.3 is 5.97 Å². The highest BCUT2D eigenvalue weighted by Gasteiger charge is 2.36. The summed E-state index contributed by atoms with van der Waals surface area (Å²) in [5, 5.41) is 3.19. The number of hydrogen-bond acceptors (Lipinski definition) is 7. The molecular formula is C29H28ClN3O5S. The van der Waals surface area contributed by atoms with Crippen molar-refractivity contribution in [3.05, 3.63) is 88.9 Å². The number of carbonyl (C=O) groups excluding carboxylic acids is 3. The Hall–Kier alpha value is -3.82. The maximum Gasteiger partial charge on any atom is 0.338 e. The molecule has 0 aliphatic carbocycles. The molecule has 1 heterocycles. The summed E-state index contributed by atoms with van der Waals surface area (Å²) >= 11 is 7.24. The van der Waals surface area contributed by atoms with Crippen molar-refractivity contribution in [1.82, 2.24) is 4.90 Å². The van der Waals surface area contributed by atoms with E-state index >= 15 is 0 Å². The van der Waals surface area contributed by atoms with Crippen molar-refractivity contribution in [3.8, 4) is 5.75 Å². The van der Waals surface area contributed by atoms with Gasteiger partial charge in [0.1, 0.15) is 11.0 Å². The molecule has 0 spiro atoms. The molecule has 10 heteroatoms. The zero-order chi connectivity index (χ0) is 27.8. The van der Waals surface area contributed by atoms with Crippen LogP contribution in [0.1, 0.15) is 36.2 Å². The number of ether oxygens (including phenoxy) is 2. The van der Waals surface area contributed by atoms with E-state index in [0.717, 1.165) is 5.56 Å². The molecule has 1 aliphatic heterocycles. The molecule has 2 amide bonds. The quantitative estimate of drug-likeness (QED) is 0.316. The zero-order valence-corrected chi connectivity index (χ0v) is 23.1. The van der Waals surface area contributed by atoms with Crippen LogP contribution in [0, 0.1) is 0 Å². The summed E-state index contributed by atoms with van der Waals surface area (Å²) in [6, 6.07) is 20.9. The molecule has 1 fully saturated rings. The Kier molecular flexibility index (Phi) is 9.62. The summed E-state index contributed by atoms with van der Waals surface area (Å²) in [4.78, 5) is 44.7. The van der Waals surface area contributed by atoms with Crippen LogP contribution in [0.15, 0.2) is 77.8 Å². The molecule has 0 radical (unpaired) electrons. The van der Waals surface area contributed by atoms with E-state index in [9.17, 15) is 14.4 Å². The van der Waals surface area contributed by atoms with Gasteiger partial charge in [0.15, 0.2) is 5.17 Å². The fraction of sp³-hybridized carbons (Fsp3) is 0.241. The summed E-state index contributed by atoms with van der Waals surface area (Å²) < 4.78 is 10.5. The third-order valence-corrected chi connectivity index (χ3v) is 7.16. The number of amidine groups is 1. The third kappa shape index (κ3) is 7.61. The second kappa shape index (κ2) is 13.3. The van der Waals surface area contributed by atoms with E-state index in [1.807, 2.05) is 19.1 Å². The average Bonchev–Trinajstić information content (AvgIpc) is 2.93. The van der Waals surface area contributed by atoms with E-state index in [1.165, 1.54) is 11.8 Å². The van der Waals surface area contributed by atoms with E-state index in [0.29, 0.717) is 39.5 Å². The lowest BCUT2D eigenvalue weighted by Gasteiger charge is -2.32. The van der Waals surface area contributed by atoms with Crippen molar-refractivity contribution < 1.29 is 23.9 Å².